The van der Waals surface area contributed by atoms with E-state index in [1.807, 2.05) is 55.6 Å². The molecule has 0 atom stereocenters. The molecule has 0 saturated heterocycles. The first-order valence-corrected chi connectivity index (χ1v) is 9.66. The minimum atomic E-state index is 0.408. The largest absolute Gasteiger partial charge is 0.295 e. The number of halogens is 2. The van der Waals surface area contributed by atoms with Crippen molar-refractivity contribution < 1.29 is 0 Å². The zero-order valence-corrected chi connectivity index (χ0v) is 17.0. The molecule has 7 heteroatoms. The smallest absolute Gasteiger partial charge is 0.159 e. The van der Waals surface area contributed by atoms with Gasteiger partial charge in [-0.1, -0.05) is 47.5 Å². The zero-order valence-electron chi connectivity index (χ0n) is 15.4. The molecule has 0 bridgehead atoms. The molecule has 0 aliphatic carbocycles. The lowest BCUT2D eigenvalue weighted by molar-refractivity contribution is 0.350. The number of aromatic nitrogens is 3. The average molecular weight is 412 g/mol. The summed E-state index contributed by atoms with van der Waals surface area (Å²) < 4.78 is 2.07. The average Bonchev–Trinajstić information content (AvgIpc) is 2.98. The van der Waals surface area contributed by atoms with Crippen LogP contribution in [-0.4, -0.2) is 39.0 Å². The van der Waals surface area contributed by atoms with Gasteiger partial charge in [-0.05, 0) is 31.3 Å². The summed E-state index contributed by atoms with van der Waals surface area (Å²) in [4.78, 5) is 6.95. The molecule has 0 N–H and O–H groups in total. The van der Waals surface area contributed by atoms with E-state index in [2.05, 4.69) is 26.2 Å². The van der Waals surface area contributed by atoms with Gasteiger partial charge in [0, 0.05) is 27.7 Å². The van der Waals surface area contributed by atoms with Crippen molar-refractivity contribution in [2.45, 2.75) is 13.1 Å². The molecule has 0 spiro atoms. The summed E-state index contributed by atoms with van der Waals surface area (Å²) in [5.41, 5.74) is 3.53. The Morgan fingerprint density at radius 3 is 2.75 bits per heavy atom. The van der Waals surface area contributed by atoms with Crippen LogP contribution in [-0.2, 0) is 13.1 Å². The molecule has 0 fully saturated rings. The van der Waals surface area contributed by atoms with Crippen LogP contribution < -0.4 is 0 Å². The molecule has 0 amide bonds. The van der Waals surface area contributed by atoms with Gasteiger partial charge in [0.25, 0.3) is 0 Å². The molecule has 2 heterocycles. The van der Waals surface area contributed by atoms with Gasteiger partial charge >= 0.3 is 0 Å². The van der Waals surface area contributed by atoms with E-state index in [0.29, 0.717) is 23.1 Å². The molecular weight excluding hydrogens is 393 g/mol. The molecule has 5 nitrogen and oxygen atoms in total. The summed E-state index contributed by atoms with van der Waals surface area (Å²) >= 11 is 12.8. The van der Waals surface area contributed by atoms with Crippen LogP contribution in [0.1, 0.15) is 22.8 Å². The molecule has 0 saturated carbocycles. The second-order valence-corrected chi connectivity index (χ2v) is 7.50. The van der Waals surface area contributed by atoms with Crippen molar-refractivity contribution in [3.63, 3.8) is 0 Å². The first-order valence-electron chi connectivity index (χ1n) is 8.90. The fourth-order valence-electron chi connectivity index (χ4n) is 3.37. The van der Waals surface area contributed by atoms with E-state index in [1.165, 1.54) is 0 Å². The second-order valence-electron chi connectivity index (χ2n) is 6.66. The van der Waals surface area contributed by atoms with E-state index >= 15 is 0 Å². The normalized spacial score (nSPS) is 12.9. The standard InChI is InChI=1S/C21H19Cl2N5/c1-3-10-27(2)13-20-26-25-19-12-24-21(15-6-4-5-7-17(15)23)16-11-14(22)8-9-18(16)28(19)20/h3-9,11H,1,10,12-13H2,2H3. The van der Waals surface area contributed by atoms with Crippen molar-refractivity contribution in [3.05, 3.63) is 87.9 Å². The van der Waals surface area contributed by atoms with Gasteiger partial charge in [0.05, 0.1) is 17.9 Å². The Kier molecular flexibility index (Phi) is 5.31. The molecule has 0 radical (unpaired) electrons. The monoisotopic (exact) mass is 411 g/mol. The summed E-state index contributed by atoms with van der Waals surface area (Å²) in [6, 6.07) is 13.5. The van der Waals surface area contributed by atoms with E-state index in [4.69, 9.17) is 28.2 Å². The maximum absolute atomic E-state index is 6.47. The van der Waals surface area contributed by atoms with Crippen molar-refractivity contribution in [2.24, 2.45) is 4.99 Å². The third kappa shape index (κ3) is 3.49. The highest BCUT2D eigenvalue weighted by Crippen LogP contribution is 2.30. The first kappa shape index (κ1) is 18.9. The summed E-state index contributed by atoms with van der Waals surface area (Å²) in [5.74, 6) is 1.63. The predicted octanol–water partition coefficient (Wildman–Crippen LogP) is 4.54. The number of rotatable bonds is 5. The second kappa shape index (κ2) is 7.87. The van der Waals surface area contributed by atoms with Crippen molar-refractivity contribution in [1.82, 2.24) is 19.7 Å². The molecule has 142 valence electrons. The lowest BCUT2D eigenvalue weighted by atomic mass is 10.0. The Hall–Kier alpha value is -2.47. The molecule has 1 aliphatic heterocycles. The Morgan fingerprint density at radius 2 is 1.96 bits per heavy atom. The topological polar surface area (TPSA) is 46.3 Å². The minimum Gasteiger partial charge on any atom is -0.295 e. The highest BCUT2D eigenvalue weighted by atomic mass is 35.5. The van der Waals surface area contributed by atoms with E-state index < -0.39 is 0 Å². The molecule has 1 aromatic heterocycles. The number of benzene rings is 2. The van der Waals surface area contributed by atoms with Crippen LogP contribution in [0.15, 0.2) is 60.1 Å². The van der Waals surface area contributed by atoms with Gasteiger partial charge in [-0.3, -0.25) is 14.5 Å². The Balaban J connectivity index is 1.88. The third-order valence-electron chi connectivity index (χ3n) is 4.61. The lowest BCUT2D eigenvalue weighted by Gasteiger charge is -2.17. The maximum atomic E-state index is 6.47. The van der Waals surface area contributed by atoms with Crippen LogP contribution in [0.2, 0.25) is 10.0 Å². The predicted molar refractivity (Wildman–Crippen MR) is 114 cm³/mol. The van der Waals surface area contributed by atoms with Crippen LogP contribution in [0.25, 0.3) is 5.69 Å². The summed E-state index contributed by atoms with van der Waals surface area (Å²) in [6.07, 6.45) is 1.87. The lowest BCUT2D eigenvalue weighted by Crippen LogP contribution is -2.21. The Bertz CT molecular complexity index is 1070. The Morgan fingerprint density at radius 1 is 1.14 bits per heavy atom. The number of hydrogen-bond acceptors (Lipinski definition) is 4. The van der Waals surface area contributed by atoms with Gasteiger partial charge in [-0.2, -0.15) is 0 Å². The minimum absolute atomic E-state index is 0.408. The quantitative estimate of drug-likeness (QED) is 0.578. The van der Waals surface area contributed by atoms with Gasteiger partial charge in [0.2, 0.25) is 0 Å². The number of hydrogen-bond donors (Lipinski definition) is 0. The maximum Gasteiger partial charge on any atom is 0.159 e. The molecular formula is C21H19Cl2N5. The van der Waals surface area contributed by atoms with Crippen molar-refractivity contribution in [3.8, 4) is 5.69 Å². The number of aliphatic imine (C=N–C) groups is 1. The zero-order chi connectivity index (χ0) is 19.7. The van der Waals surface area contributed by atoms with Crippen LogP contribution in [0, 0.1) is 0 Å². The van der Waals surface area contributed by atoms with Crippen molar-refractivity contribution in [1.29, 1.82) is 0 Å². The SMILES string of the molecule is C=CCN(C)Cc1nnc2n1-c1ccc(Cl)cc1C(c1ccccc1Cl)=NC2. The fraction of sp³-hybridized carbons (Fsp3) is 0.190. The van der Waals surface area contributed by atoms with E-state index in [1.54, 1.807) is 0 Å². The summed E-state index contributed by atoms with van der Waals surface area (Å²) in [7, 11) is 2.02. The van der Waals surface area contributed by atoms with E-state index in [0.717, 1.165) is 40.7 Å². The van der Waals surface area contributed by atoms with Crippen LogP contribution in [0.4, 0.5) is 0 Å². The highest BCUT2D eigenvalue weighted by molar-refractivity contribution is 6.36. The van der Waals surface area contributed by atoms with Crippen LogP contribution >= 0.6 is 23.2 Å². The first-order chi connectivity index (χ1) is 13.6. The van der Waals surface area contributed by atoms with Crippen LogP contribution in [0.3, 0.4) is 0 Å². The third-order valence-corrected chi connectivity index (χ3v) is 5.18. The fourth-order valence-corrected chi connectivity index (χ4v) is 3.77. The molecule has 2 aromatic carbocycles. The highest BCUT2D eigenvalue weighted by Gasteiger charge is 2.24. The van der Waals surface area contributed by atoms with Gasteiger partial charge in [0.1, 0.15) is 6.54 Å². The van der Waals surface area contributed by atoms with E-state index in [9.17, 15) is 0 Å². The molecule has 28 heavy (non-hydrogen) atoms. The number of fused-ring (bicyclic) bond motifs is 3. The molecule has 0 unspecified atom stereocenters. The van der Waals surface area contributed by atoms with Gasteiger partial charge < -0.3 is 0 Å². The molecule has 1 aliphatic rings. The summed E-state index contributed by atoms with van der Waals surface area (Å²) in [5, 5.41) is 10.1. The van der Waals surface area contributed by atoms with Gasteiger partial charge in [0.15, 0.2) is 11.6 Å². The van der Waals surface area contributed by atoms with E-state index in [-0.39, 0.29) is 0 Å². The van der Waals surface area contributed by atoms with Crippen molar-refractivity contribution in [2.75, 3.05) is 13.6 Å². The molecule has 4 rings (SSSR count). The Labute approximate surface area is 173 Å². The van der Waals surface area contributed by atoms with Gasteiger partial charge in [-0.25, -0.2) is 0 Å². The number of likely N-dealkylation sites (N-methyl/N-ethyl adjacent to an activating group) is 1. The summed E-state index contributed by atoms with van der Waals surface area (Å²) in [6.45, 7) is 5.61. The van der Waals surface area contributed by atoms with Crippen LogP contribution in [0.5, 0.6) is 0 Å². The molecule has 3 aromatic rings. The van der Waals surface area contributed by atoms with Crippen molar-refractivity contribution >= 4 is 28.9 Å². The number of nitrogens with zero attached hydrogens (tertiary/aromatic N) is 5. The van der Waals surface area contributed by atoms with Gasteiger partial charge in [-0.15, -0.1) is 16.8 Å².